The van der Waals surface area contributed by atoms with Crippen molar-refractivity contribution < 1.29 is 9.90 Å². The Hall–Kier alpha value is -0.610. The molecule has 4 heteroatoms. The third-order valence-electron chi connectivity index (χ3n) is 3.42. The van der Waals surface area contributed by atoms with E-state index in [2.05, 4.69) is 5.32 Å². The summed E-state index contributed by atoms with van der Waals surface area (Å²) >= 11 is 0. The third kappa shape index (κ3) is 5.04. The maximum absolute atomic E-state index is 12.0. The van der Waals surface area contributed by atoms with E-state index in [0.717, 1.165) is 0 Å². The second-order valence-corrected chi connectivity index (χ2v) is 6.34. The molecule has 17 heavy (non-hydrogen) atoms. The van der Waals surface area contributed by atoms with Crippen LogP contribution in [0.5, 0.6) is 0 Å². The molecule has 0 saturated heterocycles. The summed E-state index contributed by atoms with van der Waals surface area (Å²) in [6.07, 6.45) is 0.197. The lowest BCUT2D eigenvalue weighted by molar-refractivity contribution is -0.132. The number of carbonyl (C=O) groups is 1. The molecule has 0 fully saturated rings. The molecule has 0 radical (unpaired) electrons. The average Bonchev–Trinajstić information content (AvgIpc) is 2.10. The smallest absolute Gasteiger partial charge is 0.227 e. The Balaban J connectivity index is 4.28. The van der Waals surface area contributed by atoms with E-state index in [1.807, 2.05) is 41.5 Å². The molecule has 4 nitrogen and oxygen atoms in total. The number of amides is 1. The number of rotatable bonds is 6. The number of nitrogens with one attached hydrogen (secondary N) is 1. The van der Waals surface area contributed by atoms with Crippen molar-refractivity contribution in [1.29, 1.82) is 0 Å². The van der Waals surface area contributed by atoms with Gasteiger partial charge in [-0.1, -0.05) is 13.8 Å². The highest BCUT2D eigenvalue weighted by Crippen LogP contribution is 2.28. The van der Waals surface area contributed by atoms with Gasteiger partial charge in [-0.2, -0.15) is 0 Å². The van der Waals surface area contributed by atoms with Crippen molar-refractivity contribution in [2.24, 2.45) is 17.1 Å². The Morgan fingerprint density at radius 3 is 2.12 bits per heavy atom. The molecular weight excluding hydrogens is 216 g/mol. The van der Waals surface area contributed by atoms with Crippen LogP contribution in [0.25, 0.3) is 0 Å². The minimum atomic E-state index is -0.662. The highest BCUT2D eigenvalue weighted by atomic mass is 16.3. The van der Waals surface area contributed by atoms with E-state index in [1.54, 1.807) is 0 Å². The molecule has 0 spiro atoms. The maximum Gasteiger partial charge on any atom is 0.227 e. The fourth-order valence-electron chi connectivity index (χ4n) is 1.35. The topological polar surface area (TPSA) is 75.3 Å². The zero-order chi connectivity index (χ0) is 13.9. The minimum absolute atomic E-state index is 0.118. The number of hydrogen-bond acceptors (Lipinski definition) is 3. The highest BCUT2D eigenvalue weighted by Gasteiger charge is 2.40. The van der Waals surface area contributed by atoms with E-state index in [4.69, 9.17) is 5.73 Å². The lowest BCUT2D eigenvalue weighted by Gasteiger charge is -2.37. The van der Waals surface area contributed by atoms with Gasteiger partial charge in [0.15, 0.2) is 0 Å². The van der Waals surface area contributed by atoms with Crippen LogP contribution in [0.3, 0.4) is 0 Å². The Bertz CT molecular complexity index is 255. The first-order chi connectivity index (χ1) is 7.48. The summed E-state index contributed by atoms with van der Waals surface area (Å²) in [7, 11) is 0. The molecular formula is C13H28N2O2. The summed E-state index contributed by atoms with van der Waals surface area (Å²) in [5.74, 6) is 0.300. The molecule has 4 N–H and O–H groups in total. The normalized spacial score (nSPS) is 14.9. The molecule has 1 atom stereocenters. The van der Waals surface area contributed by atoms with Crippen LogP contribution in [0.15, 0.2) is 0 Å². The first kappa shape index (κ1) is 16.4. The van der Waals surface area contributed by atoms with Crippen molar-refractivity contribution in [3.8, 4) is 0 Å². The molecule has 0 aromatic rings. The van der Waals surface area contributed by atoms with Crippen LogP contribution in [-0.4, -0.2) is 29.2 Å². The zero-order valence-corrected chi connectivity index (χ0v) is 12.0. The second-order valence-electron chi connectivity index (χ2n) is 6.34. The van der Waals surface area contributed by atoms with E-state index in [-0.39, 0.29) is 12.5 Å². The molecule has 0 rings (SSSR count). The van der Waals surface area contributed by atoms with Crippen molar-refractivity contribution in [1.82, 2.24) is 5.32 Å². The number of carbonyl (C=O) groups excluding carboxylic acids is 1. The Morgan fingerprint density at radius 1 is 1.29 bits per heavy atom. The summed E-state index contributed by atoms with van der Waals surface area (Å²) in [4.78, 5) is 12.0. The summed E-state index contributed by atoms with van der Waals surface area (Å²) in [6.45, 7) is 11.7. The molecule has 1 amide bonds. The van der Waals surface area contributed by atoms with Crippen molar-refractivity contribution in [3.05, 3.63) is 0 Å². The van der Waals surface area contributed by atoms with Crippen LogP contribution in [-0.2, 0) is 4.79 Å². The van der Waals surface area contributed by atoms with Crippen LogP contribution in [0.1, 0.15) is 48.0 Å². The van der Waals surface area contributed by atoms with Crippen molar-refractivity contribution >= 4 is 5.91 Å². The largest absolute Gasteiger partial charge is 0.391 e. The SMILES string of the molecule is CC(C)CC(O)CNC(=O)C(C)(C)C(C)(C)N. The quantitative estimate of drug-likeness (QED) is 0.658. The standard InChI is InChI=1S/C13H28N2O2/c1-9(2)7-10(16)8-15-11(17)12(3,4)13(5,6)14/h9-10,16H,7-8,14H2,1-6H3,(H,15,17). The third-order valence-corrected chi connectivity index (χ3v) is 3.42. The Morgan fingerprint density at radius 2 is 1.76 bits per heavy atom. The van der Waals surface area contributed by atoms with Gasteiger partial charge in [-0.25, -0.2) is 0 Å². The van der Waals surface area contributed by atoms with Crippen LogP contribution in [0.2, 0.25) is 0 Å². The summed E-state index contributed by atoms with van der Waals surface area (Å²) in [5.41, 5.74) is 4.72. The van der Waals surface area contributed by atoms with E-state index >= 15 is 0 Å². The number of hydrogen-bond donors (Lipinski definition) is 3. The van der Waals surface area contributed by atoms with Gasteiger partial charge in [-0.15, -0.1) is 0 Å². The summed E-state index contributed by atoms with van der Waals surface area (Å²) < 4.78 is 0. The molecule has 102 valence electrons. The van der Waals surface area contributed by atoms with E-state index in [9.17, 15) is 9.90 Å². The number of nitrogens with two attached hydrogens (primary N) is 1. The molecule has 0 aliphatic rings. The van der Waals surface area contributed by atoms with Gasteiger partial charge in [0.1, 0.15) is 0 Å². The first-order valence-corrected chi connectivity index (χ1v) is 6.23. The first-order valence-electron chi connectivity index (χ1n) is 6.23. The second kappa shape index (κ2) is 5.83. The molecule has 1 unspecified atom stereocenters. The van der Waals surface area contributed by atoms with Gasteiger partial charge in [0, 0.05) is 12.1 Å². The fourth-order valence-corrected chi connectivity index (χ4v) is 1.35. The van der Waals surface area contributed by atoms with E-state index < -0.39 is 17.1 Å². The van der Waals surface area contributed by atoms with Gasteiger partial charge in [0.25, 0.3) is 0 Å². The highest BCUT2D eigenvalue weighted by molar-refractivity contribution is 5.83. The van der Waals surface area contributed by atoms with Crippen molar-refractivity contribution in [2.45, 2.75) is 59.6 Å². The maximum atomic E-state index is 12.0. The number of aliphatic hydroxyl groups is 1. The van der Waals surface area contributed by atoms with Crippen LogP contribution in [0.4, 0.5) is 0 Å². The molecule has 0 aromatic heterocycles. The van der Waals surface area contributed by atoms with Crippen LogP contribution in [0, 0.1) is 11.3 Å². The van der Waals surface area contributed by atoms with Gasteiger partial charge in [-0.05, 0) is 40.0 Å². The van der Waals surface area contributed by atoms with Gasteiger partial charge in [0.2, 0.25) is 5.91 Å². The monoisotopic (exact) mass is 244 g/mol. The molecule has 0 saturated carbocycles. The van der Waals surface area contributed by atoms with Crippen LogP contribution >= 0.6 is 0 Å². The summed E-state index contributed by atoms with van der Waals surface area (Å²) in [5, 5.41) is 12.5. The predicted octanol–water partition coefficient (Wildman–Crippen LogP) is 1.27. The van der Waals surface area contributed by atoms with E-state index in [0.29, 0.717) is 12.3 Å². The lowest BCUT2D eigenvalue weighted by atomic mass is 9.74. The van der Waals surface area contributed by atoms with E-state index in [1.165, 1.54) is 0 Å². The molecule has 0 aromatic carbocycles. The number of aliphatic hydroxyl groups excluding tert-OH is 1. The van der Waals surface area contributed by atoms with Gasteiger partial charge >= 0.3 is 0 Å². The molecule has 0 aliphatic heterocycles. The summed E-state index contributed by atoms with van der Waals surface area (Å²) in [6, 6.07) is 0. The molecule has 0 aliphatic carbocycles. The Kier molecular flexibility index (Phi) is 5.62. The zero-order valence-electron chi connectivity index (χ0n) is 12.0. The van der Waals surface area contributed by atoms with Crippen LogP contribution < -0.4 is 11.1 Å². The average molecular weight is 244 g/mol. The minimum Gasteiger partial charge on any atom is -0.391 e. The Labute approximate surface area is 105 Å². The van der Waals surface area contributed by atoms with Gasteiger partial charge in [0.05, 0.1) is 11.5 Å². The van der Waals surface area contributed by atoms with Gasteiger partial charge < -0.3 is 16.2 Å². The molecule has 0 heterocycles. The molecule has 0 bridgehead atoms. The van der Waals surface area contributed by atoms with Gasteiger partial charge in [-0.3, -0.25) is 4.79 Å². The predicted molar refractivity (Wildman–Crippen MR) is 70.5 cm³/mol. The fraction of sp³-hybridized carbons (Fsp3) is 0.923. The van der Waals surface area contributed by atoms with Crippen molar-refractivity contribution in [2.75, 3.05) is 6.54 Å². The lowest BCUT2D eigenvalue weighted by Crippen LogP contribution is -2.56. The van der Waals surface area contributed by atoms with Crippen molar-refractivity contribution in [3.63, 3.8) is 0 Å².